The van der Waals surface area contributed by atoms with Crippen molar-refractivity contribution >= 4 is 54.3 Å². The molecule has 9 rings (SSSR count). The van der Waals surface area contributed by atoms with Crippen molar-refractivity contribution < 1.29 is 0 Å². The third kappa shape index (κ3) is 3.39. The summed E-state index contributed by atoms with van der Waals surface area (Å²) in [5.74, 6) is 0. The molecule has 2 nitrogen and oxygen atoms in total. The average Bonchev–Trinajstić information content (AvgIpc) is 3.62. The summed E-state index contributed by atoms with van der Waals surface area (Å²) in [6.07, 6.45) is 2.18. The summed E-state index contributed by atoms with van der Waals surface area (Å²) in [5, 5.41) is 8.90. The summed E-state index contributed by atoms with van der Waals surface area (Å²) in [6, 6.07) is 55.1. The maximum atomic E-state index is 2.43. The lowest BCUT2D eigenvalue weighted by molar-refractivity contribution is 1.12. The minimum atomic E-state index is 1.16. The lowest BCUT2D eigenvalue weighted by Crippen LogP contribution is -1.96. The molecule has 42 heavy (non-hydrogen) atoms. The van der Waals surface area contributed by atoms with Crippen molar-refractivity contribution in [2.24, 2.45) is 0 Å². The van der Waals surface area contributed by atoms with Crippen LogP contribution in [0, 0.1) is 0 Å². The summed E-state index contributed by atoms with van der Waals surface area (Å²) in [6.45, 7) is 0. The van der Waals surface area contributed by atoms with E-state index in [-0.39, 0.29) is 0 Å². The van der Waals surface area contributed by atoms with Gasteiger partial charge in [-0.15, -0.1) is 0 Å². The first-order chi connectivity index (χ1) is 20.8. The van der Waals surface area contributed by atoms with E-state index >= 15 is 0 Å². The molecule has 0 saturated heterocycles. The highest BCUT2D eigenvalue weighted by Gasteiger charge is 2.16. The second-order valence-electron chi connectivity index (χ2n) is 11.0. The smallest absolute Gasteiger partial charge is 0.0562 e. The van der Waals surface area contributed by atoms with E-state index in [0.717, 1.165) is 5.69 Å². The Bertz CT molecular complexity index is 2460. The molecule has 0 aliphatic heterocycles. The molecule has 2 heterocycles. The Morgan fingerprint density at radius 3 is 1.95 bits per heavy atom. The van der Waals surface area contributed by atoms with Gasteiger partial charge < -0.3 is 9.13 Å². The number of hydrogen-bond donors (Lipinski definition) is 0. The van der Waals surface area contributed by atoms with Gasteiger partial charge in [0.2, 0.25) is 0 Å². The van der Waals surface area contributed by atoms with Gasteiger partial charge >= 0.3 is 0 Å². The zero-order chi connectivity index (χ0) is 27.6. The molecule has 2 heteroatoms. The zero-order valence-corrected chi connectivity index (χ0v) is 22.9. The fourth-order valence-corrected chi connectivity index (χ4v) is 6.80. The van der Waals surface area contributed by atoms with Crippen LogP contribution in [0.3, 0.4) is 0 Å². The Balaban J connectivity index is 1.32. The Kier molecular flexibility index (Phi) is 4.93. The van der Waals surface area contributed by atoms with Gasteiger partial charge in [-0.05, 0) is 87.3 Å². The van der Waals surface area contributed by atoms with E-state index in [1.165, 1.54) is 71.1 Å². The molecular formula is C40H26N2. The van der Waals surface area contributed by atoms with E-state index in [2.05, 4.69) is 167 Å². The van der Waals surface area contributed by atoms with Crippen molar-refractivity contribution in [3.8, 4) is 22.5 Å². The molecular weight excluding hydrogens is 508 g/mol. The van der Waals surface area contributed by atoms with E-state index in [0.29, 0.717) is 0 Å². The fraction of sp³-hybridized carbons (Fsp3) is 0. The van der Waals surface area contributed by atoms with Gasteiger partial charge in [0.1, 0.15) is 0 Å². The largest absolute Gasteiger partial charge is 0.316 e. The van der Waals surface area contributed by atoms with E-state index in [1.54, 1.807) is 0 Å². The first-order valence-electron chi connectivity index (χ1n) is 14.4. The van der Waals surface area contributed by atoms with Gasteiger partial charge in [-0.2, -0.15) is 0 Å². The molecule has 0 saturated carbocycles. The third-order valence-electron chi connectivity index (χ3n) is 8.70. The molecule has 0 spiro atoms. The Hall–Kier alpha value is -5.60. The summed E-state index contributed by atoms with van der Waals surface area (Å²) < 4.78 is 4.72. The summed E-state index contributed by atoms with van der Waals surface area (Å²) in [4.78, 5) is 0. The standard InChI is InChI=1S/C40H26N2/c1-2-13-30(14-3-1)41-22-21-29-25-37-35-19-8-9-20-38(35)42(40(37)26-39(29)41)31-15-10-12-27(23-31)36-24-28-11-4-5-16-32(28)33-17-6-7-18-34(33)36/h1-26H. The number of benzene rings is 7. The van der Waals surface area contributed by atoms with Crippen molar-refractivity contribution in [1.82, 2.24) is 9.13 Å². The summed E-state index contributed by atoms with van der Waals surface area (Å²) >= 11 is 0. The number of para-hydroxylation sites is 2. The maximum absolute atomic E-state index is 2.43. The molecule has 2 aromatic heterocycles. The SMILES string of the molecule is c1ccc(-n2ccc3cc4c5ccccc5n(-c5cccc(-c6cc7ccccc7c7ccccc67)c5)c4cc32)cc1. The lowest BCUT2D eigenvalue weighted by atomic mass is 9.93. The fourth-order valence-electron chi connectivity index (χ4n) is 6.80. The quantitative estimate of drug-likeness (QED) is 0.200. The first kappa shape index (κ1) is 23.1. The van der Waals surface area contributed by atoms with E-state index in [4.69, 9.17) is 0 Å². The van der Waals surface area contributed by atoms with Crippen LogP contribution < -0.4 is 0 Å². The highest BCUT2D eigenvalue weighted by molar-refractivity contribution is 6.15. The highest BCUT2D eigenvalue weighted by atomic mass is 15.0. The molecule has 0 fully saturated rings. The Labute approximate surface area is 243 Å². The predicted octanol–water partition coefficient (Wildman–Crippen LogP) is 10.7. The first-order valence-corrected chi connectivity index (χ1v) is 14.4. The second-order valence-corrected chi connectivity index (χ2v) is 11.0. The Morgan fingerprint density at radius 1 is 0.357 bits per heavy atom. The predicted molar refractivity (Wildman–Crippen MR) is 178 cm³/mol. The molecule has 0 unspecified atom stereocenters. The van der Waals surface area contributed by atoms with Crippen LogP contribution in [0.4, 0.5) is 0 Å². The van der Waals surface area contributed by atoms with Gasteiger partial charge in [0.15, 0.2) is 0 Å². The Morgan fingerprint density at radius 2 is 1.07 bits per heavy atom. The third-order valence-corrected chi connectivity index (χ3v) is 8.70. The highest BCUT2D eigenvalue weighted by Crippen LogP contribution is 2.39. The van der Waals surface area contributed by atoms with Crippen molar-refractivity contribution in [2.45, 2.75) is 0 Å². The number of hydrogen-bond acceptors (Lipinski definition) is 0. The zero-order valence-electron chi connectivity index (χ0n) is 22.9. The number of fused-ring (bicyclic) bond motifs is 7. The van der Waals surface area contributed by atoms with Crippen LogP contribution in [0.15, 0.2) is 158 Å². The van der Waals surface area contributed by atoms with Gasteiger partial charge in [0.05, 0.1) is 16.6 Å². The molecule has 7 aromatic carbocycles. The molecule has 9 aromatic rings. The average molecular weight is 535 g/mol. The maximum Gasteiger partial charge on any atom is 0.0562 e. The minimum Gasteiger partial charge on any atom is -0.316 e. The van der Waals surface area contributed by atoms with Gasteiger partial charge in [0, 0.05) is 33.7 Å². The van der Waals surface area contributed by atoms with Crippen LogP contribution in [-0.2, 0) is 0 Å². The normalized spacial score (nSPS) is 11.8. The summed E-state index contributed by atoms with van der Waals surface area (Å²) in [7, 11) is 0. The van der Waals surface area contributed by atoms with Crippen molar-refractivity contribution in [1.29, 1.82) is 0 Å². The van der Waals surface area contributed by atoms with Crippen LogP contribution in [-0.4, -0.2) is 9.13 Å². The topological polar surface area (TPSA) is 9.86 Å². The molecule has 0 aliphatic carbocycles. The second kappa shape index (κ2) is 8.95. The van der Waals surface area contributed by atoms with Crippen LogP contribution in [0.2, 0.25) is 0 Å². The number of nitrogens with zero attached hydrogens (tertiary/aromatic N) is 2. The van der Waals surface area contributed by atoms with Gasteiger partial charge in [0.25, 0.3) is 0 Å². The van der Waals surface area contributed by atoms with Crippen molar-refractivity contribution in [3.05, 3.63) is 158 Å². The number of aromatic nitrogens is 2. The van der Waals surface area contributed by atoms with Crippen LogP contribution in [0.5, 0.6) is 0 Å². The van der Waals surface area contributed by atoms with Crippen LogP contribution >= 0.6 is 0 Å². The van der Waals surface area contributed by atoms with Gasteiger partial charge in [-0.25, -0.2) is 0 Å². The van der Waals surface area contributed by atoms with Crippen molar-refractivity contribution in [3.63, 3.8) is 0 Å². The van der Waals surface area contributed by atoms with Gasteiger partial charge in [-0.1, -0.05) is 97.1 Å². The molecule has 0 radical (unpaired) electrons. The van der Waals surface area contributed by atoms with Crippen molar-refractivity contribution in [2.75, 3.05) is 0 Å². The molecule has 196 valence electrons. The molecule has 0 aliphatic rings. The van der Waals surface area contributed by atoms with E-state index < -0.39 is 0 Å². The molecule has 0 N–H and O–H groups in total. The van der Waals surface area contributed by atoms with Gasteiger partial charge in [-0.3, -0.25) is 0 Å². The molecule has 0 amide bonds. The monoisotopic (exact) mass is 534 g/mol. The minimum absolute atomic E-state index is 1.16. The van der Waals surface area contributed by atoms with E-state index in [9.17, 15) is 0 Å². The summed E-state index contributed by atoms with van der Waals surface area (Å²) in [5.41, 5.74) is 8.43. The molecule has 0 bridgehead atoms. The number of rotatable bonds is 3. The van der Waals surface area contributed by atoms with Crippen LogP contribution in [0.1, 0.15) is 0 Å². The van der Waals surface area contributed by atoms with E-state index in [1.807, 2.05) is 0 Å². The lowest BCUT2D eigenvalue weighted by Gasteiger charge is -2.14. The molecule has 0 atom stereocenters. The van der Waals surface area contributed by atoms with Crippen LogP contribution in [0.25, 0.3) is 76.8 Å².